The van der Waals surface area contributed by atoms with Crippen molar-refractivity contribution < 1.29 is 28.5 Å². The smallest absolute Gasteiger partial charge is 0.435 e. The lowest BCUT2D eigenvalue weighted by molar-refractivity contribution is -0.133. The van der Waals surface area contributed by atoms with E-state index < -0.39 is 12.3 Å². The molecule has 0 spiro atoms. The predicted octanol–water partition coefficient (Wildman–Crippen LogP) is 3.29. The fourth-order valence-corrected chi connectivity index (χ4v) is 3.87. The van der Waals surface area contributed by atoms with Crippen molar-refractivity contribution in [2.24, 2.45) is 11.3 Å². The van der Waals surface area contributed by atoms with Crippen LogP contribution in [0.15, 0.2) is 34.6 Å². The van der Waals surface area contributed by atoms with E-state index in [1.807, 2.05) is 19.1 Å². The van der Waals surface area contributed by atoms with Crippen LogP contribution >= 0.6 is 0 Å². The standard InChI is InChI=1S/C19H24O6/c1-6-23-18(21)25-16-11(3)19(4)9-13-10(2)17(20)24-14(13)7-12(19)8-15(16)22-5/h7-8,11,15-16H,6,9H2,1-5H3/t11-,15-,16+,19+/m0/s1. The molecular weight excluding hydrogens is 324 g/mol. The van der Waals surface area contributed by atoms with E-state index in [-0.39, 0.29) is 30.0 Å². The summed E-state index contributed by atoms with van der Waals surface area (Å²) >= 11 is 0. The van der Waals surface area contributed by atoms with Gasteiger partial charge in [0, 0.05) is 29.6 Å². The molecule has 0 unspecified atom stereocenters. The van der Waals surface area contributed by atoms with Crippen LogP contribution in [0.3, 0.4) is 0 Å². The lowest BCUT2D eigenvalue weighted by Crippen LogP contribution is -2.49. The fourth-order valence-electron chi connectivity index (χ4n) is 3.87. The molecule has 0 radical (unpaired) electrons. The van der Waals surface area contributed by atoms with Gasteiger partial charge in [-0.2, -0.15) is 0 Å². The molecular formula is C19H24O6. The highest BCUT2D eigenvalue weighted by atomic mass is 16.7. The quantitative estimate of drug-likeness (QED) is 0.729. The molecule has 0 saturated carbocycles. The zero-order valence-electron chi connectivity index (χ0n) is 15.3. The zero-order valence-corrected chi connectivity index (χ0v) is 15.3. The number of hydrogen-bond donors (Lipinski definition) is 0. The minimum absolute atomic E-state index is 0.0318. The summed E-state index contributed by atoms with van der Waals surface area (Å²) in [7, 11) is 1.58. The normalized spacial score (nSPS) is 33.8. The molecule has 0 saturated heterocycles. The second kappa shape index (κ2) is 6.33. The molecule has 1 heterocycles. The third-order valence-electron chi connectivity index (χ3n) is 5.68. The maximum Gasteiger partial charge on any atom is 0.508 e. The third kappa shape index (κ3) is 2.78. The number of fused-ring (bicyclic) bond motifs is 2. The molecule has 25 heavy (non-hydrogen) atoms. The molecule has 0 bridgehead atoms. The van der Waals surface area contributed by atoms with Crippen LogP contribution in [0.1, 0.15) is 34.1 Å². The Bertz CT molecular complexity index is 701. The van der Waals surface area contributed by atoms with Gasteiger partial charge in [-0.3, -0.25) is 0 Å². The second-order valence-electron chi connectivity index (χ2n) is 6.97. The Balaban J connectivity index is 1.99. The Morgan fingerprint density at radius 1 is 1.44 bits per heavy atom. The van der Waals surface area contributed by atoms with Gasteiger partial charge in [0.2, 0.25) is 0 Å². The van der Waals surface area contributed by atoms with Crippen molar-refractivity contribution in [3.8, 4) is 0 Å². The molecule has 0 aromatic heterocycles. The zero-order chi connectivity index (χ0) is 18.4. The summed E-state index contributed by atoms with van der Waals surface area (Å²) < 4.78 is 21.4. The van der Waals surface area contributed by atoms with E-state index in [9.17, 15) is 9.59 Å². The molecule has 0 aromatic rings. The highest BCUT2D eigenvalue weighted by Crippen LogP contribution is 2.54. The Morgan fingerprint density at radius 3 is 2.80 bits per heavy atom. The van der Waals surface area contributed by atoms with E-state index in [4.69, 9.17) is 18.9 Å². The monoisotopic (exact) mass is 348 g/mol. The number of carbonyl (C=O) groups is 2. The SMILES string of the molecule is CCOC(=O)O[C@H]1[C@@H](OC)C=C2C=C3OC(=O)C(C)=C3C[C@]2(C)[C@H]1C. The predicted molar refractivity (Wildman–Crippen MR) is 89.5 cm³/mol. The molecule has 3 aliphatic rings. The molecule has 4 atom stereocenters. The summed E-state index contributed by atoms with van der Waals surface area (Å²) in [4.78, 5) is 23.7. The molecule has 6 heteroatoms. The largest absolute Gasteiger partial charge is 0.508 e. The van der Waals surface area contributed by atoms with Crippen LogP contribution in [-0.4, -0.2) is 38.0 Å². The average Bonchev–Trinajstić information content (AvgIpc) is 2.83. The van der Waals surface area contributed by atoms with Crippen molar-refractivity contribution in [2.75, 3.05) is 13.7 Å². The maximum atomic E-state index is 11.9. The van der Waals surface area contributed by atoms with Gasteiger partial charge in [-0.1, -0.05) is 13.8 Å². The fraction of sp³-hybridized carbons (Fsp3) is 0.579. The lowest BCUT2D eigenvalue weighted by Gasteiger charge is -2.48. The summed E-state index contributed by atoms with van der Waals surface area (Å²) in [5.41, 5.74) is 2.33. The van der Waals surface area contributed by atoms with Gasteiger partial charge in [0.1, 0.15) is 18.0 Å². The summed E-state index contributed by atoms with van der Waals surface area (Å²) in [5, 5.41) is 0. The Labute approximate surface area is 147 Å². The van der Waals surface area contributed by atoms with Crippen molar-refractivity contribution in [3.63, 3.8) is 0 Å². The van der Waals surface area contributed by atoms with Crippen LogP contribution in [-0.2, 0) is 23.7 Å². The van der Waals surface area contributed by atoms with E-state index in [2.05, 4.69) is 6.92 Å². The lowest BCUT2D eigenvalue weighted by atomic mass is 9.60. The van der Waals surface area contributed by atoms with E-state index in [0.717, 1.165) is 11.1 Å². The number of methoxy groups -OCH3 is 1. The first-order valence-corrected chi connectivity index (χ1v) is 8.54. The van der Waals surface area contributed by atoms with Gasteiger partial charge in [0.15, 0.2) is 0 Å². The van der Waals surface area contributed by atoms with E-state index >= 15 is 0 Å². The summed E-state index contributed by atoms with van der Waals surface area (Å²) in [6.07, 6.45) is 2.98. The number of carbonyl (C=O) groups excluding carboxylic acids is 2. The van der Waals surface area contributed by atoms with E-state index in [0.29, 0.717) is 17.8 Å². The van der Waals surface area contributed by atoms with Crippen molar-refractivity contribution in [3.05, 3.63) is 34.6 Å². The molecule has 1 aliphatic heterocycles. The van der Waals surface area contributed by atoms with Gasteiger partial charge in [-0.05, 0) is 38.0 Å². The van der Waals surface area contributed by atoms with Crippen molar-refractivity contribution >= 4 is 12.1 Å². The number of esters is 1. The highest BCUT2D eigenvalue weighted by molar-refractivity contribution is 5.94. The topological polar surface area (TPSA) is 71.1 Å². The third-order valence-corrected chi connectivity index (χ3v) is 5.68. The Morgan fingerprint density at radius 2 is 2.16 bits per heavy atom. The van der Waals surface area contributed by atoms with Gasteiger partial charge in [0.05, 0.1) is 6.61 Å². The summed E-state index contributed by atoms with van der Waals surface area (Å²) in [5.74, 6) is 0.299. The highest BCUT2D eigenvalue weighted by Gasteiger charge is 2.51. The van der Waals surface area contributed by atoms with Gasteiger partial charge < -0.3 is 18.9 Å². The van der Waals surface area contributed by atoms with Crippen LogP contribution in [0.5, 0.6) is 0 Å². The van der Waals surface area contributed by atoms with E-state index in [1.54, 1.807) is 21.0 Å². The van der Waals surface area contributed by atoms with Gasteiger partial charge >= 0.3 is 12.1 Å². The molecule has 0 fully saturated rings. The number of ether oxygens (including phenoxy) is 4. The van der Waals surface area contributed by atoms with Crippen LogP contribution in [0, 0.1) is 11.3 Å². The molecule has 0 N–H and O–H groups in total. The average molecular weight is 348 g/mol. The van der Waals surface area contributed by atoms with Gasteiger partial charge in [-0.25, -0.2) is 9.59 Å². The summed E-state index contributed by atoms with van der Waals surface area (Å²) in [6, 6.07) is 0. The second-order valence-corrected chi connectivity index (χ2v) is 6.97. The van der Waals surface area contributed by atoms with Crippen molar-refractivity contribution in [2.45, 2.75) is 46.3 Å². The molecule has 6 nitrogen and oxygen atoms in total. The molecule has 0 aromatic carbocycles. The minimum Gasteiger partial charge on any atom is -0.435 e. The van der Waals surface area contributed by atoms with Crippen LogP contribution in [0.25, 0.3) is 0 Å². The minimum atomic E-state index is -0.691. The Hall–Kier alpha value is -2.08. The van der Waals surface area contributed by atoms with Gasteiger partial charge in [0.25, 0.3) is 0 Å². The first-order chi connectivity index (χ1) is 11.8. The molecule has 2 aliphatic carbocycles. The number of hydrogen-bond acceptors (Lipinski definition) is 6. The number of rotatable bonds is 3. The molecule has 0 amide bonds. The molecule has 3 rings (SSSR count). The first kappa shape index (κ1) is 17.7. The van der Waals surface area contributed by atoms with Crippen molar-refractivity contribution in [1.82, 2.24) is 0 Å². The van der Waals surface area contributed by atoms with Crippen LogP contribution < -0.4 is 0 Å². The Kier molecular flexibility index (Phi) is 4.49. The van der Waals surface area contributed by atoms with Crippen LogP contribution in [0.4, 0.5) is 4.79 Å². The van der Waals surface area contributed by atoms with Crippen molar-refractivity contribution in [1.29, 1.82) is 0 Å². The van der Waals surface area contributed by atoms with Crippen LogP contribution in [0.2, 0.25) is 0 Å². The van der Waals surface area contributed by atoms with Gasteiger partial charge in [-0.15, -0.1) is 0 Å². The molecule has 136 valence electrons. The first-order valence-electron chi connectivity index (χ1n) is 8.54. The summed E-state index contributed by atoms with van der Waals surface area (Å²) in [6.45, 7) is 7.93. The number of allylic oxidation sites excluding steroid dienone is 3. The van der Waals surface area contributed by atoms with E-state index in [1.165, 1.54) is 0 Å². The maximum absolute atomic E-state index is 11.9.